The Morgan fingerprint density at radius 1 is 1.32 bits per heavy atom. The molecule has 1 aromatic rings. The van der Waals surface area contributed by atoms with E-state index in [0.29, 0.717) is 42.8 Å². The number of rotatable bonds is 5. The van der Waals surface area contributed by atoms with Gasteiger partial charge in [0.15, 0.2) is 0 Å². The fraction of sp³-hybridized carbons (Fsp3) is 0.467. The topological polar surface area (TPSA) is 67.9 Å². The quantitative estimate of drug-likeness (QED) is 0.897. The fourth-order valence-electron chi connectivity index (χ4n) is 2.18. The maximum Gasteiger partial charge on any atom is 0.224 e. The molecule has 0 aromatic heterocycles. The minimum Gasteiger partial charge on any atom is -0.495 e. The SMILES string of the molecule is COc1ccc(Cl)cc1NC(=O)CCC(=O)N1CCOCC1. The van der Waals surface area contributed by atoms with E-state index in [0.717, 1.165) is 0 Å². The summed E-state index contributed by atoms with van der Waals surface area (Å²) < 4.78 is 10.4. The van der Waals surface area contributed by atoms with E-state index in [9.17, 15) is 9.59 Å². The van der Waals surface area contributed by atoms with E-state index in [2.05, 4.69) is 5.32 Å². The van der Waals surface area contributed by atoms with Crippen LogP contribution in [-0.2, 0) is 14.3 Å². The van der Waals surface area contributed by atoms with E-state index >= 15 is 0 Å². The van der Waals surface area contributed by atoms with Gasteiger partial charge in [-0.1, -0.05) is 11.6 Å². The summed E-state index contributed by atoms with van der Waals surface area (Å²) in [4.78, 5) is 25.7. The first-order valence-electron chi connectivity index (χ1n) is 7.09. The first kappa shape index (κ1) is 16.6. The zero-order valence-corrected chi connectivity index (χ0v) is 13.2. The van der Waals surface area contributed by atoms with Crippen molar-refractivity contribution < 1.29 is 19.1 Å². The summed E-state index contributed by atoms with van der Waals surface area (Å²) in [5.74, 6) is 0.246. The Morgan fingerprint density at radius 2 is 2.05 bits per heavy atom. The highest BCUT2D eigenvalue weighted by Gasteiger charge is 2.18. The van der Waals surface area contributed by atoms with E-state index < -0.39 is 0 Å². The molecule has 1 N–H and O–H groups in total. The van der Waals surface area contributed by atoms with Gasteiger partial charge in [-0.25, -0.2) is 0 Å². The third kappa shape index (κ3) is 4.61. The van der Waals surface area contributed by atoms with Crippen LogP contribution in [0.2, 0.25) is 5.02 Å². The van der Waals surface area contributed by atoms with Gasteiger partial charge in [0.2, 0.25) is 11.8 Å². The predicted octanol–water partition coefficient (Wildman–Crippen LogP) is 1.93. The van der Waals surface area contributed by atoms with Crippen LogP contribution in [0.15, 0.2) is 18.2 Å². The number of hydrogen-bond acceptors (Lipinski definition) is 4. The molecule has 7 heteroatoms. The second-order valence-electron chi connectivity index (χ2n) is 4.89. The van der Waals surface area contributed by atoms with Crippen molar-refractivity contribution in [3.05, 3.63) is 23.2 Å². The summed E-state index contributed by atoms with van der Waals surface area (Å²) in [7, 11) is 1.51. The largest absolute Gasteiger partial charge is 0.495 e. The van der Waals surface area contributed by atoms with Crippen LogP contribution in [-0.4, -0.2) is 50.1 Å². The lowest BCUT2D eigenvalue weighted by atomic mass is 10.2. The lowest BCUT2D eigenvalue weighted by molar-refractivity contribution is -0.136. The van der Waals surface area contributed by atoms with Gasteiger partial charge in [0.1, 0.15) is 5.75 Å². The number of ether oxygens (including phenoxy) is 2. The maximum atomic E-state index is 12.0. The number of morpholine rings is 1. The van der Waals surface area contributed by atoms with Crippen LogP contribution in [0, 0.1) is 0 Å². The molecule has 0 unspecified atom stereocenters. The molecular weight excluding hydrogens is 308 g/mol. The van der Waals surface area contributed by atoms with E-state index in [4.69, 9.17) is 21.1 Å². The molecule has 1 heterocycles. The molecule has 1 fully saturated rings. The predicted molar refractivity (Wildman–Crippen MR) is 83.3 cm³/mol. The summed E-state index contributed by atoms with van der Waals surface area (Å²) in [5.41, 5.74) is 0.499. The van der Waals surface area contributed by atoms with Crippen LogP contribution >= 0.6 is 11.6 Å². The van der Waals surface area contributed by atoms with Crippen molar-refractivity contribution in [2.45, 2.75) is 12.8 Å². The molecule has 1 saturated heterocycles. The highest BCUT2D eigenvalue weighted by atomic mass is 35.5. The molecular formula is C15H19ClN2O4. The molecule has 0 saturated carbocycles. The number of hydrogen-bond donors (Lipinski definition) is 1. The van der Waals surface area contributed by atoms with E-state index in [1.54, 1.807) is 23.1 Å². The second-order valence-corrected chi connectivity index (χ2v) is 5.32. The van der Waals surface area contributed by atoms with Crippen molar-refractivity contribution in [2.75, 3.05) is 38.7 Å². The van der Waals surface area contributed by atoms with Gasteiger partial charge >= 0.3 is 0 Å². The van der Waals surface area contributed by atoms with Crippen molar-refractivity contribution in [1.82, 2.24) is 4.90 Å². The zero-order chi connectivity index (χ0) is 15.9. The number of methoxy groups -OCH3 is 1. The van der Waals surface area contributed by atoms with Crippen LogP contribution in [0.1, 0.15) is 12.8 Å². The van der Waals surface area contributed by atoms with Crippen LogP contribution in [0.4, 0.5) is 5.69 Å². The molecule has 120 valence electrons. The molecule has 2 rings (SSSR count). The molecule has 1 aliphatic heterocycles. The van der Waals surface area contributed by atoms with Crippen molar-refractivity contribution in [1.29, 1.82) is 0 Å². The average molecular weight is 327 g/mol. The summed E-state index contributed by atoms with van der Waals surface area (Å²) in [6.45, 7) is 2.28. The summed E-state index contributed by atoms with van der Waals surface area (Å²) in [6.07, 6.45) is 0.292. The standard InChI is InChI=1S/C15H19ClN2O4/c1-21-13-3-2-11(16)10-12(13)17-14(19)4-5-15(20)18-6-8-22-9-7-18/h2-3,10H,4-9H2,1H3,(H,17,19). The van der Waals surface area contributed by atoms with Gasteiger partial charge in [-0.3, -0.25) is 9.59 Å². The van der Waals surface area contributed by atoms with Gasteiger partial charge in [-0.15, -0.1) is 0 Å². The van der Waals surface area contributed by atoms with Gasteiger partial charge < -0.3 is 19.7 Å². The monoisotopic (exact) mass is 326 g/mol. The maximum absolute atomic E-state index is 12.0. The Labute approximate surface area is 134 Å². The highest BCUT2D eigenvalue weighted by molar-refractivity contribution is 6.31. The molecule has 0 aliphatic carbocycles. The minimum atomic E-state index is -0.248. The zero-order valence-electron chi connectivity index (χ0n) is 12.4. The molecule has 0 atom stereocenters. The summed E-state index contributed by atoms with van der Waals surface area (Å²) in [6, 6.07) is 4.97. The number of carbonyl (C=O) groups is 2. The Balaban J connectivity index is 1.85. The van der Waals surface area contributed by atoms with Gasteiger partial charge in [-0.05, 0) is 18.2 Å². The number of carbonyl (C=O) groups excluding carboxylic acids is 2. The van der Waals surface area contributed by atoms with Crippen LogP contribution in [0.25, 0.3) is 0 Å². The van der Waals surface area contributed by atoms with Crippen LogP contribution in [0.5, 0.6) is 5.75 Å². The number of anilines is 1. The lowest BCUT2D eigenvalue weighted by Crippen LogP contribution is -2.40. The molecule has 1 aliphatic rings. The Morgan fingerprint density at radius 3 is 2.73 bits per heavy atom. The molecule has 2 amide bonds. The fourth-order valence-corrected chi connectivity index (χ4v) is 2.35. The molecule has 0 spiro atoms. The smallest absolute Gasteiger partial charge is 0.224 e. The van der Waals surface area contributed by atoms with E-state index in [1.807, 2.05) is 0 Å². The van der Waals surface area contributed by atoms with Gasteiger partial charge in [-0.2, -0.15) is 0 Å². The molecule has 22 heavy (non-hydrogen) atoms. The highest BCUT2D eigenvalue weighted by Crippen LogP contribution is 2.27. The van der Waals surface area contributed by atoms with Gasteiger partial charge in [0.25, 0.3) is 0 Å². The molecule has 0 bridgehead atoms. The van der Waals surface area contributed by atoms with Crippen LogP contribution in [0.3, 0.4) is 0 Å². The van der Waals surface area contributed by atoms with Crippen LogP contribution < -0.4 is 10.1 Å². The third-order valence-electron chi connectivity index (χ3n) is 3.37. The van der Waals surface area contributed by atoms with Gasteiger partial charge in [0.05, 0.1) is 26.0 Å². The number of halogens is 1. The van der Waals surface area contributed by atoms with Gasteiger partial charge in [0, 0.05) is 31.0 Å². The normalized spacial score (nSPS) is 14.5. The number of amides is 2. The molecule has 1 aromatic carbocycles. The van der Waals surface area contributed by atoms with Crippen molar-refractivity contribution in [2.24, 2.45) is 0 Å². The first-order valence-corrected chi connectivity index (χ1v) is 7.47. The Hall–Kier alpha value is -1.79. The average Bonchev–Trinajstić information content (AvgIpc) is 2.53. The van der Waals surface area contributed by atoms with Crippen molar-refractivity contribution in [3.63, 3.8) is 0 Å². The lowest BCUT2D eigenvalue weighted by Gasteiger charge is -2.26. The second kappa shape index (κ2) is 8.00. The van der Waals surface area contributed by atoms with Crippen molar-refractivity contribution >= 4 is 29.1 Å². The molecule has 0 radical (unpaired) electrons. The molecule has 6 nitrogen and oxygen atoms in total. The number of nitrogens with one attached hydrogen (secondary N) is 1. The Bertz CT molecular complexity index is 544. The van der Waals surface area contributed by atoms with E-state index in [-0.39, 0.29) is 24.7 Å². The first-order chi connectivity index (χ1) is 10.6. The summed E-state index contributed by atoms with van der Waals surface area (Å²) in [5, 5.41) is 3.22. The minimum absolute atomic E-state index is 0.0310. The Kier molecular flexibility index (Phi) is 6.03. The third-order valence-corrected chi connectivity index (χ3v) is 3.60. The number of benzene rings is 1. The van der Waals surface area contributed by atoms with Crippen molar-refractivity contribution in [3.8, 4) is 5.75 Å². The van der Waals surface area contributed by atoms with E-state index in [1.165, 1.54) is 7.11 Å². The number of nitrogens with zero attached hydrogens (tertiary/aromatic N) is 1. The summed E-state index contributed by atoms with van der Waals surface area (Å²) >= 11 is 5.91.